The van der Waals surface area contributed by atoms with Gasteiger partial charge in [-0.25, -0.2) is 4.99 Å². The van der Waals surface area contributed by atoms with Gasteiger partial charge >= 0.3 is 0 Å². The molecule has 142 valence electrons. The Labute approximate surface area is 168 Å². The molecule has 1 rings (SSSR count). The van der Waals surface area contributed by atoms with Crippen LogP contribution < -0.4 is 16.0 Å². The fraction of sp³-hybridized carbons (Fsp3) is 0.556. The Morgan fingerprint density at radius 3 is 2.44 bits per heavy atom. The van der Waals surface area contributed by atoms with Crippen molar-refractivity contribution < 1.29 is 9.53 Å². The van der Waals surface area contributed by atoms with Gasteiger partial charge in [0.2, 0.25) is 5.91 Å². The number of nitrogens with one attached hydrogen (secondary N) is 3. The highest BCUT2D eigenvalue weighted by atomic mass is 127. The van der Waals surface area contributed by atoms with E-state index in [1.807, 2.05) is 39.0 Å². The Bertz CT molecular complexity index is 521. The predicted molar refractivity (Wildman–Crippen MR) is 114 cm³/mol. The van der Waals surface area contributed by atoms with Gasteiger partial charge in [0.25, 0.3) is 0 Å². The highest BCUT2D eigenvalue weighted by Gasteiger charge is 2.16. The van der Waals surface area contributed by atoms with Crippen molar-refractivity contribution in [1.29, 1.82) is 0 Å². The van der Waals surface area contributed by atoms with Crippen molar-refractivity contribution in [2.75, 3.05) is 33.3 Å². The molecule has 0 saturated carbocycles. The fourth-order valence-electron chi connectivity index (χ4n) is 1.91. The zero-order valence-electron chi connectivity index (χ0n) is 15.6. The molecular weight excluding hydrogens is 431 g/mol. The van der Waals surface area contributed by atoms with E-state index in [2.05, 4.69) is 33.1 Å². The molecule has 0 saturated heterocycles. The summed E-state index contributed by atoms with van der Waals surface area (Å²) < 4.78 is 5.36. The third-order valence-corrected chi connectivity index (χ3v) is 3.54. The van der Waals surface area contributed by atoms with E-state index in [9.17, 15) is 4.79 Å². The molecule has 0 radical (unpaired) electrons. The van der Waals surface area contributed by atoms with Gasteiger partial charge < -0.3 is 20.7 Å². The number of hydrogen-bond donors (Lipinski definition) is 3. The van der Waals surface area contributed by atoms with Gasteiger partial charge in [-0.3, -0.25) is 4.79 Å². The van der Waals surface area contributed by atoms with E-state index < -0.39 is 0 Å². The van der Waals surface area contributed by atoms with Crippen molar-refractivity contribution in [3.8, 4) is 0 Å². The van der Waals surface area contributed by atoms with Gasteiger partial charge in [-0.1, -0.05) is 30.3 Å². The van der Waals surface area contributed by atoms with E-state index in [1.165, 1.54) is 5.56 Å². The third-order valence-electron chi connectivity index (χ3n) is 3.54. The normalized spacial score (nSPS) is 11.4. The van der Waals surface area contributed by atoms with Gasteiger partial charge in [0.05, 0.1) is 5.60 Å². The molecule has 0 unspecified atom stereocenters. The molecule has 0 spiro atoms. The molecule has 0 fully saturated rings. The molecule has 0 atom stereocenters. The molecule has 0 aromatic heterocycles. The molecule has 1 amide bonds. The number of nitrogens with zero attached hydrogens (tertiary/aromatic N) is 1. The Hall–Kier alpha value is -1.35. The SMILES string of the molecule is CCNC(=NCC(=O)NCCc1ccccc1)NCC(C)(C)OC.I. The van der Waals surface area contributed by atoms with Crippen LogP contribution in [0.15, 0.2) is 35.3 Å². The van der Waals surface area contributed by atoms with Crippen LogP contribution >= 0.6 is 24.0 Å². The minimum absolute atomic E-state index is 0. The van der Waals surface area contributed by atoms with Crippen LogP contribution in [0.5, 0.6) is 0 Å². The van der Waals surface area contributed by atoms with Crippen LogP contribution in [0.25, 0.3) is 0 Å². The first kappa shape index (κ1) is 23.6. The van der Waals surface area contributed by atoms with E-state index in [1.54, 1.807) is 7.11 Å². The second-order valence-electron chi connectivity index (χ2n) is 6.10. The monoisotopic (exact) mass is 462 g/mol. The largest absolute Gasteiger partial charge is 0.377 e. The Morgan fingerprint density at radius 1 is 1.16 bits per heavy atom. The summed E-state index contributed by atoms with van der Waals surface area (Å²) in [6.45, 7) is 7.99. The molecule has 3 N–H and O–H groups in total. The molecule has 7 heteroatoms. The summed E-state index contributed by atoms with van der Waals surface area (Å²) >= 11 is 0. The number of rotatable bonds is 9. The van der Waals surface area contributed by atoms with Gasteiger partial charge in [-0.15, -0.1) is 24.0 Å². The Kier molecular flexibility index (Phi) is 12.2. The first-order chi connectivity index (χ1) is 11.5. The number of benzene rings is 1. The molecule has 0 heterocycles. The number of carbonyl (C=O) groups excluding carboxylic acids is 1. The topological polar surface area (TPSA) is 74.8 Å². The lowest BCUT2D eigenvalue weighted by molar-refractivity contribution is -0.119. The number of ether oxygens (including phenoxy) is 1. The maximum absolute atomic E-state index is 11.9. The zero-order chi connectivity index (χ0) is 17.8. The average molecular weight is 462 g/mol. The van der Waals surface area contributed by atoms with Crippen LogP contribution in [0.2, 0.25) is 0 Å². The van der Waals surface area contributed by atoms with E-state index in [-0.39, 0.29) is 42.0 Å². The lowest BCUT2D eigenvalue weighted by Crippen LogP contribution is -2.45. The zero-order valence-corrected chi connectivity index (χ0v) is 17.9. The summed E-state index contributed by atoms with van der Waals surface area (Å²) in [4.78, 5) is 16.2. The fourth-order valence-corrected chi connectivity index (χ4v) is 1.91. The molecule has 1 aromatic rings. The van der Waals surface area contributed by atoms with Gasteiger partial charge in [-0.2, -0.15) is 0 Å². The standard InChI is InChI=1S/C18H30N4O2.HI/c1-5-19-17(22-14-18(2,3)24-4)21-13-16(23)20-12-11-15-9-7-6-8-10-15;/h6-10H,5,11-14H2,1-4H3,(H,20,23)(H2,19,21,22);1H. The van der Waals surface area contributed by atoms with E-state index in [4.69, 9.17) is 4.74 Å². The second kappa shape index (κ2) is 12.9. The number of carbonyl (C=O) groups is 1. The number of hydrogen-bond acceptors (Lipinski definition) is 3. The van der Waals surface area contributed by atoms with E-state index >= 15 is 0 Å². The van der Waals surface area contributed by atoms with Crippen molar-refractivity contribution in [2.45, 2.75) is 32.8 Å². The van der Waals surface area contributed by atoms with Crippen molar-refractivity contribution in [3.05, 3.63) is 35.9 Å². The summed E-state index contributed by atoms with van der Waals surface area (Å²) in [6, 6.07) is 10.1. The lowest BCUT2D eigenvalue weighted by atomic mass is 10.1. The first-order valence-electron chi connectivity index (χ1n) is 8.35. The Morgan fingerprint density at radius 2 is 1.84 bits per heavy atom. The number of aliphatic imine (C=N–C) groups is 1. The number of amides is 1. The summed E-state index contributed by atoms with van der Waals surface area (Å²) in [7, 11) is 1.67. The van der Waals surface area contributed by atoms with Gasteiger partial charge in [-0.05, 0) is 32.8 Å². The highest BCUT2D eigenvalue weighted by Crippen LogP contribution is 2.04. The quantitative estimate of drug-likeness (QED) is 0.298. The number of guanidine groups is 1. The van der Waals surface area contributed by atoms with Crippen LogP contribution in [-0.4, -0.2) is 50.8 Å². The molecule has 0 aliphatic rings. The van der Waals surface area contributed by atoms with Crippen LogP contribution in [0, 0.1) is 0 Å². The molecule has 0 aliphatic heterocycles. The lowest BCUT2D eigenvalue weighted by Gasteiger charge is -2.24. The van der Waals surface area contributed by atoms with Gasteiger partial charge in [0.1, 0.15) is 6.54 Å². The molecule has 6 nitrogen and oxygen atoms in total. The van der Waals surface area contributed by atoms with Gasteiger partial charge in [0, 0.05) is 26.7 Å². The first-order valence-corrected chi connectivity index (χ1v) is 8.35. The minimum atomic E-state index is -0.297. The molecule has 0 aliphatic carbocycles. The van der Waals surface area contributed by atoms with Crippen LogP contribution in [0.3, 0.4) is 0 Å². The molecule has 1 aromatic carbocycles. The van der Waals surface area contributed by atoms with E-state index in [0.717, 1.165) is 13.0 Å². The average Bonchev–Trinajstić information content (AvgIpc) is 2.58. The maximum atomic E-state index is 11.9. The van der Waals surface area contributed by atoms with Gasteiger partial charge in [0.15, 0.2) is 5.96 Å². The maximum Gasteiger partial charge on any atom is 0.241 e. The summed E-state index contributed by atoms with van der Waals surface area (Å²) in [6.07, 6.45) is 0.816. The number of methoxy groups -OCH3 is 1. The van der Waals surface area contributed by atoms with Crippen LogP contribution in [0.1, 0.15) is 26.3 Å². The molecule has 25 heavy (non-hydrogen) atoms. The summed E-state index contributed by atoms with van der Waals surface area (Å²) in [5, 5.41) is 9.19. The summed E-state index contributed by atoms with van der Waals surface area (Å²) in [5.41, 5.74) is 0.909. The minimum Gasteiger partial charge on any atom is -0.377 e. The van der Waals surface area contributed by atoms with Crippen molar-refractivity contribution >= 4 is 35.8 Å². The third kappa shape index (κ3) is 11.0. The number of halogens is 1. The van der Waals surface area contributed by atoms with E-state index in [0.29, 0.717) is 19.0 Å². The predicted octanol–water partition coefficient (Wildman–Crippen LogP) is 1.94. The van der Waals surface area contributed by atoms with Crippen LogP contribution in [0.4, 0.5) is 0 Å². The van der Waals surface area contributed by atoms with Crippen LogP contribution in [-0.2, 0) is 16.0 Å². The second-order valence-corrected chi connectivity index (χ2v) is 6.10. The Balaban J connectivity index is 0.00000576. The smallest absolute Gasteiger partial charge is 0.241 e. The molecular formula is C18H31IN4O2. The van der Waals surface area contributed by atoms with Crippen molar-refractivity contribution in [3.63, 3.8) is 0 Å². The van der Waals surface area contributed by atoms with Crippen molar-refractivity contribution in [2.24, 2.45) is 4.99 Å². The molecule has 0 bridgehead atoms. The summed E-state index contributed by atoms with van der Waals surface area (Å²) in [5.74, 6) is 0.523. The van der Waals surface area contributed by atoms with Crippen molar-refractivity contribution in [1.82, 2.24) is 16.0 Å². The highest BCUT2D eigenvalue weighted by molar-refractivity contribution is 14.0.